The molecule has 0 saturated carbocycles. The lowest BCUT2D eigenvalue weighted by Gasteiger charge is -2.35. The molecule has 0 spiro atoms. The van der Waals surface area contributed by atoms with Crippen LogP contribution in [0.25, 0.3) is 0 Å². The number of hydrogen-bond acceptors (Lipinski definition) is 5. The third-order valence-corrected chi connectivity index (χ3v) is 3.75. The Kier molecular flexibility index (Phi) is 5.03. The summed E-state index contributed by atoms with van der Waals surface area (Å²) < 4.78 is 11.0. The van der Waals surface area contributed by atoms with Crippen LogP contribution in [0.1, 0.15) is 27.2 Å². The van der Waals surface area contributed by atoms with E-state index in [1.165, 1.54) is 0 Å². The smallest absolute Gasteiger partial charge is 0.410 e. The molecule has 2 amide bonds. The molecule has 2 atom stereocenters. The predicted molar refractivity (Wildman–Crippen MR) is 81.5 cm³/mol. The molecule has 1 unspecified atom stereocenters. The minimum absolute atomic E-state index is 0.100. The van der Waals surface area contributed by atoms with Gasteiger partial charge in [0.2, 0.25) is 5.91 Å². The van der Waals surface area contributed by atoms with E-state index in [0.29, 0.717) is 39.2 Å². The first kappa shape index (κ1) is 16.4. The molecule has 2 heterocycles. The number of nitrogens with zero attached hydrogens (tertiary/aromatic N) is 2. The zero-order valence-corrected chi connectivity index (χ0v) is 13.8. The predicted octanol–water partition coefficient (Wildman–Crippen LogP) is 1.15. The summed E-state index contributed by atoms with van der Waals surface area (Å²) in [5.41, 5.74) is -0.505. The average Bonchev–Trinajstić information content (AvgIpc) is 2.66. The van der Waals surface area contributed by atoms with Gasteiger partial charge in [0.1, 0.15) is 5.60 Å². The lowest BCUT2D eigenvalue weighted by molar-refractivity contribution is -0.130. The van der Waals surface area contributed by atoms with Crippen molar-refractivity contribution in [2.75, 3.05) is 32.8 Å². The SMILES string of the molecule is CC(C)(C)OC(=O)N1CCO[C@H](CN2CC(S)CC2=O)C1. The van der Waals surface area contributed by atoms with Gasteiger partial charge in [-0.2, -0.15) is 12.6 Å². The number of likely N-dealkylation sites (tertiary alicyclic amines) is 1. The van der Waals surface area contributed by atoms with Gasteiger partial charge in [-0.3, -0.25) is 4.79 Å². The fourth-order valence-electron chi connectivity index (χ4n) is 2.50. The molecule has 2 aliphatic heterocycles. The van der Waals surface area contributed by atoms with Gasteiger partial charge in [-0.25, -0.2) is 4.79 Å². The molecule has 0 aromatic carbocycles. The molecule has 2 aliphatic rings. The van der Waals surface area contributed by atoms with Gasteiger partial charge in [0.25, 0.3) is 0 Å². The standard InChI is InChI=1S/C14H24N2O4S/c1-14(2,3)20-13(18)15-4-5-19-10(7-15)8-16-9-11(21)6-12(16)17/h10-11,21H,4-9H2,1-3H3/t10-,11?/m0/s1. The zero-order valence-electron chi connectivity index (χ0n) is 12.9. The van der Waals surface area contributed by atoms with Crippen molar-refractivity contribution < 1.29 is 19.1 Å². The molecule has 0 N–H and O–H groups in total. The van der Waals surface area contributed by atoms with Crippen LogP contribution in [0, 0.1) is 0 Å². The van der Waals surface area contributed by atoms with E-state index in [1.807, 2.05) is 20.8 Å². The summed E-state index contributed by atoms with van der Waals surface area (Å²) >= 11 is 4.34. The molecule has 2 saturated heterocycles. The first-order valence-corrected chi connectivity index (χ1v) is 7.81. The van der Waals surface area contributed by atoms with E-state index in [9.17, 15) is 9.59 Å². The molecule has 2 rings (SSSR count). The van der Waals surface area contributed by atoms with E-state index in [0.717, 1.165) is 0 Å². The first-order valence-electron chi connectivity index (χ1n) is 7.30. The van der Waals surface area contributed by atoms with E-state index >= 15 is 0 Å². The summed E-state index contributed by atoms with van der Waals surface area (Å²) in [6.07, 6.45) is -0.00418. The largest absolute Gasteiger partial charge is 0.444 e. The number of rotatable bonds is 2. The Morgan fingerprint density at radius 1 is 1.43 bits per heavy atom. The number of hydrogen-bond donors (Lipinski definition) is 1. The lowest BCUT2D eigenvalue weighted by atomic mass is 10.2. The van der Waals surface area contributed by atoms with Crippen LogP contribution in [0.15, 0.2) is 0 Å². The van der Waals surface area contributed by atoms with E-state index in [2.05, 4.69) is 12.6 Å². The summed E-state index contributed by atoms with van der Waals surface area (Å²) in [5, 5.41) is 0.100. The second-order valence-electron chi connectivity index (χ2n) is 6.58. The Balaban J connectivity index is 1.86. The maximum absolute atomic E-state index is 12.1. The van der Waals surface area contributed by atoms with Gasteiger partial charge in [0.15, 0.2) is 0 Å². The molecule has 0 aromatic heterocycles. The van der Waals surface area contributed by atoms with Crippen LogP contribution in [0.2, 0.25) is 0 Å². The minimum Gasteiger partial charge on any atom is -0.444 e. The van der Waals surface area contributed by atoms with Crippen molar-refractivity contribution in [3.8, 4) is 0 Å². The van der Waals surface area contributed by atoms with Gasteiger partial charge in [-0.05, 0) is 20.8 Å². The fraction of sp³-hybridized carbons (Fsp3) is 0.857. The lowest BCUT2D eigenvalue weighted by Crippen LogP contribution is -2.51. The normalized spacial score (nSPS) is 27.1. The van der Waals surface area contributed by atoms with E-state index in [-0.39, 0.29) is 23.4 Å². The van der Waals surface area contributed by atoms with Crippen LogP contribution in [0.3, 0.4) is 0 Å². The van der Waals surface area contributed by atoms with Crippen molar-refractivity contribution in [2.45, 2.75) is 44.1 Å². The molecule has 2 fully saturated rings. The van der Waals surface area contributed by atoms with Crippen LogP contribution >= 0.6 is 12.6 Å². The maximum atomic E-state index is 12.1. The molecule has 0 aliphatic carbocycles. The van der Waals surface area contributed by atoms with Crippen LogP contribution in [0.4, 0.5) is 4.79 Å². The number of carbonyl (C=O) groups excluding carboxylic acids is 2. The number of morpholine rings is 1. The Hall–Kier alpha value is -0.950. The summed E-state index contributed by atoms with van der Waals surface area (Å²) in [6.45, 7) is 8.14. The van der Waals surface area contributed by atoms with Crippen molar-refractivity contribution in [1.82, 2.24) is 9.80 Å². The van der Waals surface area contributed by atoms with Crippen LogP contribution in [0.5, 0.6) is 0 Å². The summed E-state index contributed by atoms with van der Waals surface area (Å²) in [5.74, 6) is 0.105. The fourth-order valence-corrected chi connectivity index (χ4v) is 2.85. The van der Waals surface area contributed by atoms with Crippen LogP contribution in [-0.2, 0) is 14.3 Å². The molecule has 7 heteroatoms. The molecule has 21 heavy (non-hydrogen) atoms. The van der Waals surface area contributed by atoms with Gasteiger partial charge < -0.3 is 19.3 Å². The quantitative estimate of drug-likeness (QED) is 0.777. The van der Waals surface area contributed by atoms with Crippen molar-refractivity contribution in [3.63, 3.8) is 0 Å². The highest BCUT2D eigenvalue weighted by Gasteiger charge is 2.33. The van der Waals surface area contributed by atoms with Crippen LogP contribution in [-0.4, -0.2) is 71.5 Å². The second kappa shape index (κ2) is 6.44. The number of thiol groups is 1. The molecule has 0 bridgehead atoms. The Labute approximate surface area is 131 Å². The summed E-state index contributed by atoms with van der Waals surface area (Å²) in [6, 6.07) is 0. The summed E-state index contributed by atoms with van der Waals surface area (Å²) in [7, 11) is 0. The van der Waals surface area contributed by atoms with Gasteiger partial charge in [0.05, 0.1) is 19.3 Å². The third kappa shape index (κ3) is 4.78. The number of ether oxygens (including phenoxy) is 2. The number of carbonyl (C=O) groups is 2. The van der Waals surface area contributed by atoms with Crippen molar-refractivity contribution in [2.24, 2.45) is 0 Å². The Morgan fingerprint density at radius 2 is 2.14 bits per heavy atom. The van der Waals surface area contributed by atoms with E-state index < -0.39 is 5.60 Å². The molecular weight excluding hydrogens is 292 g/mol. The molecular formula is C14H24N2O4S. The zero-order chi connectivity index (χ0) is 15.6. The number of amides is 2. The van der Waals surface area contributed by atoms with Crippen molar-refractivity contribution in [3.05, 3.63) is 0 Å². The maximum Gasteiger partial charge on any atom is 0.410 e. The van der Waals surface area contributed by atoms with Gasteiger partial charge in [-0.1, -0.05) is 0 Å². The topological polar surface area (TPSA) is 59.1 Å². The molecule has 120 valence electrons. The highest BCUT2D eigenvalue weighted by molar-refractivity contribution is 7.81. The minimum atomic E-state index is -0.505. The Morgan fingerprint density at radius 3 is 2.71 bits per heavy atom. The highest BCUT2D eigenvalue weighted by Crippen LogP contribution is 2.18. The van der Waals surface area contributed by atoms with Gasteiger partial charge in [0, 0.05) is 31.3 Å². The first-order chi connectivity index (χ1) is 9.74. The van der Waals surface area contributed by atoms with Crippen LogP contribution < -0.4 is 0 Å². The second-order valence-corrected chi connectivity index (χ2v) is 7.31. The van der Waals surface area contributed by atoms with Crippen molar-refractivity contribution >= 4 is 24.6 Å². The summed E-state index contributed by atoms with van der Waals surface area (Å²) in [4.78, 5) is 27.3. The van der Waals surface area contributed by atoms with Crippen molar-refractivity contribution in [1.29, 1.82) is 0 Å². The Bertz CT molecular complexity index is 410. The van der Waals surface area contributed by atoms with E-state index in [4.69, 9.17) is 9.47 Å². The molecule has 0 aromatic rings. The van der Waals surface area contributed by atoms with Gasteiger partial charge >= 0.3 is 6.09 Å². The van der Waals surface area contributed by atoms with E-state index in [1.54, 1.807) is 9.80 Å². The third-order valence-electron chi connectivity index (χ3n) is 3.41. The monoisotopic (exact) mass is 316 g/mol. The van der Waals surface area contributed by atoms with Gasteiger partial charge in [-0.15, -0.1) is 0 Å². The molecule has 0 radical (unpaired) electrons. The average molecular weight is 316 g/mol. The molecule has 6 nitrogen and oxygen atoms in total. The highest BCUT2D eigenvalue weighted by atomic mass is 32.1.